The Morgan fingerprint density at radius 1 is 1.17 bits per heavy atom. The molecule has 150 valence electrons. The van der Waals surface area contributed by atoms with Gasteiger partial charge in [0.2, 0.25) is 0 Å². The van der Waals surface area contributed by atoms with Crippen molar-refractivity contribution < 1.29 is 8.91 Å². The minimum absolute atomic E-state index is 0.277. The van der Waals surface area contributed by atoms with Gasteiger partial charge in [-0.15, -0.1) is 0 Å². The van der Waals surface area contributed by atoms with Crippen LogP contribution in [0.1, 0.15) is 42.0 Å². The summed E-state index contributed by atoms with van der Waals surface area (Å²) in [6.07, 6.45) is 5.70. The van der Waals surface area contributed by atoms with Gasteiger partial charge in [-0.2, -0.15) is 0 Å². The third kappa shape index (κ3) is 2.86. The zero-order valence-corrected chi connectivity index (χ0v) is 16.6. The molecule has 29 heavy (non-hydrogen) atoms. The second-order valence-electron chi connectivity index (χ2n) is 8.79. The van der Waals surface area contributed by atoms with Crippen LogP contribution in [0.3, 0.4) is 0 Å². The molecule has 3 aliphatic heterocycles. The highest BCUT2D eigenvalue weighted by Crippen LogP contribution is 2.48. The first-order valence-corrected chi connectivity index (χ1v) is 10.9. The van der Waals surface area contributed by atoms with Gasteiger partial charge >= 0.3 is 0 Å². The van der Waals surface area contributed by atoms with Gasteiger partial charge < -0.3 is 14.3 Å². The number of aromatic nitrogens is 1. The zero-order chi connectivity index (χ0) is 19.4. The van der Waals surface area contributed by atoms with E-state index in [4.69, 9.17) is 4.52 Å². The van der Waals surface area contributed by atoms with Crippen molar-refractivity contribution in [2.24, 2.45) is 0 Å². The van der Waals surface area contributed by atoms with Crippen LogP contribution in [0.15, 0.2) is 40.9 Å². The van der Waals surface area contributed by atoms with Gasteiger partial charge in [-0.3, -0.25) is 0 Å². The fourth-order valence-corrected chi connectivity index (χ4v) is 5.85. The van der Waals surface area contributed by atoms with E-state index >= 15 is 0 Å². The molecule has 1 saturated heterocycles. The van der Waals surface area contributed by atoms with Crippen molar-refractivity contribution in [1.29, 1.82) is 0 Å². The largest absolute Gasteiger partial charge is 0.367 e. The van der Waals surface area contributed by atoms with Crippen LogP contribution in [0.4, 0.5) is 10.1 Å². The summed E-state index contributed by atoms with van der Waals surface area (Å²) in [6.45, 7) is 4.63. The van der Waals surface area contributed by atoms with Crippen LogP contribution in [-0.2, 0) is 12.8 Å². The Morgan fingerprint density at radius 3 is 3.10 bits per heavy atom. The highest BCUT2D eigenvalue weighted by atomic mass is 19.1. The average molecular weight is 391 g/mol. The summed E-state index contributed by atoms with van der Waals surface area (Å²) in [4.78, 5) is 5.35. The summed E-state index contributed by atoms with van der Waals surface area (Å²) in [7, 11) is 0. The van der Waals surface area contributed by atoms with Gasteiger partial charge in [0.25, 0.3) is 0 Å². The normalized spacial score (nSPS) is 23.4. The number of aryl methyl sites for hydroxylation is 2. The molecule has 0 bridgehead atoms. The molecule has 4 nitrogen and oxygen atoms in total. The van der Waals surface area contributed by atoms with E-state index in [9.17, 15) is 4.39 Å². The van der Waals surface area contributed by atoms with Crippen molar-refractivity contribution in [3.63, 3.8) is 0 Å². The maximum atomic E-state index is 13.3. The molecule has 1 fully saturated rings. The van der Waals surface area contributed by atoms with Crippen molar-refractivity contribution >= 4 is 16.7 Å². The van der Waals surface area contributed by atoms with Crippen LogP contribution in [0.5, 0.6) is 0 Å². The predicted molar refractivity (Wildman–Crippen MR) is 112 cm³/mol. The Labute approximate surface area is 170 Å². The molecule has 0 N–H and O–H groups in total. The van der Waals surface area contributed by atoms with Crippen molar-refractivity contribution in [3.05, 3.63) is 59.0 Å². The van der Waals surface area contributed by atoms with E-state index in [0.717, 1.165) is 37.0 Å². The highest BCUT2D eigenvalue weighted by Gasteiger charge is 2.43. The number of anilines is 1. The van der Waals surface area contributed by atoms with Crippen LogP contribution in [-0.4, -0.2) is 42.3 Å². The molecule has 5 heteroatoms. The van der Waals surface area contributed by atoms with Crippen LogP contribution < -0.4 is 4.90 Å². The first-order chi connectivity index (χ1) is 14.3. The fourth-order valence-electron chi connectivity index (χ4n) is 5.85. The molecule has 0 unspecified atom stereocenters. The number of rotatable bonds is 4. The molecular formula is C24H26FN3O. The molecule has 6 rings (SSSR count). The summed E-state index contributed by atoms with van der Waals surface area (Å²) < 4.78 is 18.6. The second kappa shape index (κ2) is 6.84. The van der Waals surface area contributed by atoms with Crippen molar-refractivity contribution in [3.8, 4) is 0 Å². The van der Waals surface area contributed by atoms with E-state index in [-0.39, 0.29) is 5.82 Å². The average Bonchev–Trinajstić information content (AvgIpc) is 3.29. The summed E-state index contributed by atoms with van der Waals surface area (Å²) >= 11 is 0. The van der Waals surface area contributed by atoms with Gasteiger partial charge in [0.15, 0.2) is 5.58 Å². The SMILES string of the molecule is Fc1ccc2c(CCCN3CC[C@H]4[C@@H](C3)c3cccc5c3N4CCC5)noc2c1. The lowest BCUT2D eigenvalue weighted by molar-refractivity contribution is 0.191. The van der Waals surface area contributed by atoms with Gasteiger partial charge in [-0.1, -0.05) is 23.4 Å². The number of hydrogen-bond acceptors (Lipinski definition) is 4. The van der Waals surface area contributed by atoms with Crippen LogP contribution in [0.2, 0.25) is 0 Å². The van der Waals surface area contributed by atoms with E-state index in [0.29, 0.717) is 17.5 Å². The number of hydrogen-bond donors (Lipinski definition) is 0. The first-order valence-electron chi connectivity index (χ1n) is 10.9. The van der Waals surface area contributed by atoms with E-state index in [1.165, 1.54) is 44.5 Å². The number of benzene rings is 2. The molecular weight excluding hydrogens is 365 g/mol. The third-order valence-corrected chi connectivity index (χ3v) is 7.14. The molecule has 3 aliphatic rings. The summed E-state index contributed by atoms with van der Waals surface area (Å²) in [5.74, 6) is 0.369. The van der Waals surface area contributed by atoms with Crippen molar-refractivity contribution in [2.45, 2.75) is 44.1 Å². The topological polar surface area (TPSA) is 32.5 Å². The van der Waals surface area contributed by atoms with Gasteiger partial charge in [-0.25, -0.2) is 4.39 Å². The standard InChI is InChI=1S/C24H26FN3O/c25-17-8-9-19-21(26-29-23(19)14-17)7-3-11-27-13-10-22-20(15-27)18-6-1-4-16-5-2-12-28(22)24(16)18/h1,4,6,8-9,14,20,22H,2-3,5,7,10-13,15H2/t20-,22-/m0/s1. The van der Waals surface area contributed by atoms with E-state index in [2.05, 4.69) is 33.2 Å². The summed E-state index contributed by atoms with van der Waals surface area (Å²) in [5, 5.41) is 5.11. The zero-order valence-electron chi connectivity index (χ0n) is 16.6. The van der Waals surface area contributed by atoms with Gasteiger partial charge in [-0.05, 0) is 61.9 Å². The Balaban J connectivity index is 1.13. The molecule has 0 amide bonds. The molecule has 0 aliphatic carbocycles. The highest BCUT2D eigenvalue weighted by molar-refractivity contribution is 5.79. The van der Waals surface area contributed by atoms with Crippen molar-refractivity contribution in [2.75, 3.05) is 31.1 Å². The molecule has 2 aromatic carbocycles. The minimum Gasteiger partial charge on any atom is -0.367 e. The van der Waals surface area contributed by atoms with E-state index in [1.54, 1.807) is 22.9 Å². The number of halogens is 1. The molecule has 2 atom stereocenters. The maximum absolute atomic E-state index is 13.3. The quantitative estimate of drug-likeness (QED) is 0.654. The number of nitrogens with zero attached hydrogens (tertiary/aromatic N) is 3. The maximum Gasteiger partial charge on any atom is 0.170 e. The predicted octanol–water partition coefficient (Wildman–Crippen LogP) is 4.52. The van der Waals surface area contributed by atoms with Gasteiger partial charge in [0, 0.05) is 48.7 Å². The second-order valence-corrected chi connectivity index (χ2v) is 8.79. The number of para-hydroxylation sites is 1. The summed E-state index contributed by atoms with van der Waals surface area (Å²) in [5.41, 5.74) is 6.20. The Hall–Kier alpha value is -2.40. The monoisotopic (exact) mass is 391 g/mol. The molecule has 1 aromatic heterocycles. The molecule has 4 heterocycles. The first kappa shape index (κ1) is 17.5. The van der Waals surface area contributed by atoms with Crippen LogP contribution in [0.25, 0.3) is 11.0 Å². The Bertz CT molecular complexity index is 1060. The number of likely N-dealkylation sites (tertiary alicyclic amines) is 1. The van der Waals surface area contributed by atoms with Crippen molar-refractivity contribution in [1.82, 2.24) is 10.1 Å². The molecule has 0 saturated carbocycles. The van der Waals surface area contributed by atoms with Gasteiger partial charge in [0.1, 0.15) is 5.82 Å². The van der Waals surface area contributed by atoms with E-state index < -0.39 is 0 Å². The van der Waals surface area contributed by atoms with Crippen LogP contribution >= 0.6 is 0 Å². The minimum atomic E-state index is -0.277. The lowest BCUT2D eigenvalue weighted by Crippen LogP contribution is -2.47. The number of piperidine rings is 1. The van der Waals surface area contributed by atoms with Gasteiger partial charge in [0.05, 0.1) is 5.69 Å². The third-order valence-electron chi connectivity index (χ3n) is 7.14. The molecule has 0 radical (unpaired) electrons. The Morgan fingerprint density at radius 2 is 2.14 bits per heavy atom. The molecule has 3 aromatic rings. The lowest BCUT2D eigenvalue weighted by Gasteiger charge is -2.40. The van der Waals surface area contributed by atoms with Crippen LogP contribution in [0, 0.1) is 5.82 Å². The lowest BCUT2D eigenvalue weighted by atomic mass is 9.88. The fraction of sp³-hybridized carbons (Fsp3) is 0.458. The Kier molecular flexibility index (Phi) is 4.12. The number of fused-ring (bicyclic) bond motifs is 4. The smallest absolute Gasteiger partial charge is 0.170 e. The molecule has 0 spiro atoms. The summed E-state index contributed by atoms with van der Waals surface area (Å²) in [6, 6.07) is 12.3. The van der Waals surface area contributed by atoms with E-state index in [1.807, 2.05) is 0 Å².